The Morgan fingerprint density at radius 2 is 1.76 bits per heavy atom. The average molecular weight is 328 g/mol. The first kappa shape index (κ1) is 15.1. The predicted octanol–water partition coefficient (Wildman–Crippen LogP) is 0.692. The van der Waals surface area contributed by atoms with Gasteiger partial charge in [0.1, 0.15) is 0 Å². The van der Waals surface area contributed by atoms with Crippen LogP contribution in [0.4, 0.5) is 0 Å². The first-order valence-corrected chi connectivity index (χ1v) is 10.2. The van der Waals surface area contributed by atoms with Gasteiger partial charge >= 0.3 is 0 Å². The molecule has 0 spiro atoms. The van der Waals surface area contributed by atoms with Crippen LogP contribution in [0.3, 0.4) is 0 Å². The van der Waals surface area contributed by atoms with Crippen LogP contribution in [0.25, 0.3) is 0 Å². The van der Waals surface area contributed by atoms with Crippen molar-refractivity contribution in [1.82, 2.24) is 9.62 Å². The van der Waals surface area contributed by atoms with Crippen LogP contribution in [0.15, 0.2) is 29.2 Å². The molecule has 1 aromatic carbocycles. The maximum atomic E-state index is 12.5. The molecular weight excluding hydrogens is 308 g/mol. The Bertz CT molecular complexity index is 614. The maximum absolute atomic E-state index is 12.5. The van der Waals surface area contributed by atoms with Crippen LogP contribution in [0, 0.1) is 0 Å². The lowest BCUT2D eigenvalue weighted by molar-refractivity contribution is 0.438. The standard InChI is InChI=1S/C14H20N2O3S2/c17-20-9-7-16(8-10-20)21(18,19)14-5-1-12(2-6-14)11-15-13-3-4-13/h1-2,5-6,13,15H,3-4,7-11H2. The Morgan fingerprint density at radius 3 is 2.33 bits per heavy atom. The lowest BCUT2D eigenvalue weighted by Crippen LogP contribution is -2.41. The van der Waals surface area contributed by atoms with Crippen LogP contribution in [0.2, 0.25) is 0 Å². The van der Waals surface area contributed by atoms with Crippen molar-refractivity contribution in [3.8, 4) is 0 Å². The summed E-state index contributed by atoms with van der Waals surface area (Å²) >= 11 is 0. The first-order valence-electron chi connectivity index (χ1n) is 7.23. The molecule has 0 radical (unpaired) electrons. The second-order valence-corrected chi connectivity index (χ2v) is 9.19. The molecule has 5 nitrogen and oxygen atoms in total. The zero-order valence-corrected chi connectivity index (χ0v) is 13.5. The van der Waals surface area contributed by atoms with E-state index in [9.17, 15) is 12.6 Å². The minimum atomic E-state index is -3.44. The number of sulfonamides is 1. The smallest absolute Gasteiger partial charge is 0.243 e. The van der Waals surface area contributed by atoms with E-state index in [4.69, 9.17) is 0 Å². The molecule has 2 aliphatic rings. The van der Waals surface area contributed by atoms with Gasteiger partial charge in [0.15, 0.2) is 0 Å². The summed E-state index contributed by atoms with van der Waals surface area (Å²) in [6.07, 6.45) is 2.48. The Kier molecular flexibility index (Phi) is 4.44. The fraction of sp³-hybridized carbons (Fsp3) is 0.571. The highest BCUT2D eigenvalue weighted by atomic mass is 32.2. The fourth-order valence-corrected chi connectivity index (χ4v) is 5.06. The highest BCUT2D eigenvalue weighted by Gasteiger charge is 2.28. The second-order valence-electron chi connectivity index (χ2n) is 5.55. The monoisotopic (exact) mass is 328 g/mol. The summed E-state index contributed by atoms with van der Waals surface area (Å²) in [6, 6.07) is 7.72. The van der Waals surface area contributed by atoms with Gasteiger partial charge in [-0.25, -0.2) is 8.42 Å². The molecule has 7 heteroatoms. The van der Waals surface area contributed by atoms with Crippen LogP contribution >= 0.6 is 0 Å². The Hall–Kier alpha value is -0.760. The van der Waals surface area contributed by atoms with Gasteiger partial charge in [0.2, 0.25) is 10.0 Å². The topological polar surface area (TPSA) is 66.5 Å². The Balaban J connectivity index is 1.68. The molecule has 0 amide bonds. The van der Waals surface area contributed by atoms with E-state index in [0.717, 1.165) is 12.1 Å². The number of rotatable bonds is 5. The highest BCUT2D eigenvalue weighted by Crippen LogP contribution is 2.21. The first-order chi connectivity index (χ1) is 10.1. The minimum absolute atomic E-state index is 0.324. The zero-order valence-electron chi connectivity index (χ0n) is 11.8. The molecule has 0 bridgehead atoms. The van der Waals surface area contributed by atoms with Gasteiger partial charge < -0.3 is 5.32 Å². The lowest BCUT2D eigenvalue weighted by atomic mass is 10.2. The van der Waals surface area contributed by atoms with Gasteiger partial charge in [-0.1, -0.05) is 12.1 Å². The zero-order chi connectivity index (χ0) is 14.9. The van der Waals surface area contributed by atoms with Gasteiger partial charge in [0.05, 0.1) is 4.90 Å². The summed E-state index contributed by atoms with van der Waals surface area (Å²) in [5.74, 6) is 0.866. The molecule has 116 valence electrons. The molecule has 1 saturated heterocycles. The van der Waals surface area contributed by atoms with E-state index >= 15 is 0 Å². The average Bonchev–Trinajstić information content (AvgIpc) is 3.30. The lowest BCUT2D eigenvalue weighted by Gasteiger charge is -2.25. The van der Waals surface area contributed by atoms with E-state index in [0.29, 0.717) is 35.5 Å². The van der Waals surface area contributed by atoms with Crippen molar-refractivity contribution in [2.45, 2.75) is 30.3 Å². The Labute approximate surface area is 128 Å². The van der Waals surface area contributed by atoms with Gasteiger partial charge in [-0.05, 0) is 30.5 Å². The third kappa shape index (κ3) is 3.71. The molecule has 1 heterocycles. The summed E-state index contributed by atoms with van der Waals surface area (Å²) in [5, 5.41) is 3.41. The van der Waals surface area contributed by atoms with Gasteiger partial charge in [-0.3, -0.25) is 4.21 Å². The molecule has 1 saturated carbocycles. The van der Waals surface area contributed by atoms with Gasteiger partial charge in [-0.15, -0.1) is 0 Å². The van der Waals surface area contributed by atoms with E-state index in [2.05, 4.69) is 5.32 Å². The molecular formula is C14H20N2O3S2. The van der Waals surface area contributed by atoms with Crippen molar-refractivity contribution in [2.24, 2.45) is 0 Å². The number of hydrogen-bond donors (Lipinski definition) is 1. The van der Waals surface area contributed by atoms with Gasteiger partial charge in [0.25, 0.3) is 0 Å². The third-order valence-electron chi connectivity index (χ3n) is 3.87. The number of nitrogens with zero attached hydrogens (tertiary/aromatic N) is 1. The van der Waals surface area contributed by atoms with E-state index in [1.807, 2.05) is 12.1 Å². The molecule has 1 aromatic rings. The van der Waals surface area contributed by atoms with Gasteiger partial charge in [-0.2, -0.15) is 4.31 Å². The summed E-state index contributed by atoms with van der Waals surface area (Å²) in [7, 11) is -4.31. The highest BCUT2D eigenvalue weighted by molar-refractivity contribution is 7.89. The molecule has 2 fully saturated rings. The van der Waals surface area contributed by atoms with Crippen molar-refractivity contribution in [3.63, 3.8) is 0 Å². The van der Waals surface area contributed by atoms with E-state index in [1.54, 1.807) is 12.1 Å². The van der Waals surface area contributed by atoms with E-state index in [-0.39, 0.29) is 0 Å². The number of benzene rings is 1. The number of nitrogens with one attached hydrogen (secondary N) is 1. The van der Waals surface area contributed by atoms with Crippen LogP contribution in [-0.4, -0.2) is 47.6 Å². The van der Waals surface area contributed by atoms with Crippen LogP contribution in [0.5, 0.6) is 0 Å². The van der Waals surface area contributed by atoms with Crippen molar-refractivity contribution >= 4 is 20.8 Å². The largest absolute Gasteiger partial charge is 0.310 e. The van der Waals surface area contributed by atoms with Crippen molar-refractivity contribution in [3.05, 3.63) is 29.8 Å². The van der Waals surface area contributed by atoms with Crippen LogP contribution in [-0.2, 0) is 27.4 Å². The molecule has 0 aromatic heterocycles. The molecule has 1 aliphatic carbocycles. The van der Waals surface area contributed by atoms with Gasteiger partial charge in [0, 0.05) is 48.0 Å². The summed E-state index contributed by atoms with van der Waals surface area (Å²) in [5.41, 5.74) is 1.10. The quantitative estimate of drug-likeness (QED) is 0.864. The summed E-state index contributed by atoms with van der Waals surface area (Å²) < 4.78 is 37.8. The van der Waals surface area contributed by atoms with Crippen LogP contribution < -0.4 is 5.32 Å². The summed E-state index contributed by atoms with van der Waals surface area (Å²) in [4.78, 5) is 0.324. The third-order valence-corrected chi connectivity index (χ3v) is 7.06. The fourth-order valence-electron chi connectivity index (χ4n) is 2.34. The molecule has 0 atom stereocenters. The minimum Gasteiger partial charge on any atom is -0.310 e. The second kappa shape index (κ2) is 6.16. The van der Waals surface area contributed by atoms with Crippen molar-refractivity contribution in [1.29, 1.82) is 0 Å². The van der Waals surface area contributed by atoms with Crippen molar-refractivity contribution < 1.29 is 12.6 Å². The molecule has 1 aliphatic heterocycles. The predicted molar refractivity (Wildman–Crippen MR) is 82.9 cm³/mol. The summed E-state index contributed by atoms with van der Waals surface area (Å²) in [6.45, 7) is 1.48. The SMILES string of the molecule is O=S1CCN(S(=O)(=O)c2ccc(CNC3CC3)cc2)CC1. The van der Waals surface area contributed by atoms with E-state index < -0.39 is 20.8 Å². The van der Waals surface area contributed by atoms with Crippen molar-refractivity contribution in [2.75, 3.05) is 24.6 Å². The Morgan fingerprint density at radius 1 is 1.14 bits per heavy atom. The van der Waals surface area contributed by atoms with E-state index in [1.165, 1.54) is 17.1 Å². The molecule has 21 heavy (non-hydrogen) atoms. The molecule has 1 N–H and O–H groups in total. The molecule has 0 unspecified atom stereocenters. The molecule has 3 rings (SSSR count). The normalized spacial score (nSPS) is 21.5. The van der Waals surface area contributed by atoms with Crippen LogP contribution in [0.1, 0.15) is 18.4 Å². The maximum Gasteiger partial charge on any atom is 0.243 e. The number of hydrogen-bond acceptors (Lipinski definition) is 4.